The van der Waals surface area contributed by atoms with E-state index in [2.05, 4.69) is 21.2 Å². The fraction of sp³-hybridized carbons (Fsp3) is 0.0952. The maximum Gasteiger partial charge on any atom is 0.236 e. The predicted molar refractivity (Wildman–Crippen MR) is 102 cm³/mol. The molecule has 0 bridgehead atoms. The number of nitrogens with one attached hydrogen (secondary N) is 1. The van der Waals surface area contributed by atoms with Crippen LogP contribution in [0.1, 0.15) is 22.6 Å². The lowest BCUT2D eigenvalue weighted by molar-refractivity contribution is -0.116. The number of carbonyl (C=O) groups is 1. The molecule has 0 spiro atoms. The van der Waals surface area contributed by atoms with E-state index in [-0.39, 0.29) is 11.8 Å². The first kappa shape index (κ1) is 16.5. The topological polar surface area (TPSA) is 29.1 Å². The van der Waals surface area contributed by atoms with Crippen molar-refractivity contribution in [3.8, 4) is 0 Å². The van der Waals surface area contributed by atoms with Crippen LogP contribution in [0.15, 0.2) is 83.3 Å². The van der Waals surface area contributed by atoms with Gasteiger partial charge in [0.25, 0.3) is 0 Å². The molecule has 0 radical (unpaired) electrons. The molecule has 1 amide bonds. The van der Waals surface area contributed by atoms with E-state index in [1.165, 1.54) is 0 Å². The minimum absolute atomic E-state index is 0.0332. The summed E-state index contributed by atoms with van der Waals surface area (Å²) >= 11 is 3.49. The highest BCUT2D eigenvalue weighted by Crippen LogP contribution is 2.27. The maximum atomic E-state index is 13.0. The minimum atomic E-state index is -0.337. The molecule has 0 atom stereocenters. The number of hydrogen-bond donors (Lipinski definition) is 1. The van der Waals surface area contributed by atoms with E-state index < -0.39 is 0 Å². The molecule has 3 aromatic carbocycles. The third-order valence-electron chi connectivity index (χ3n) is 3.95. The summed E-state index contributed by atoms with van der Waals surface area (Å²) in [6.07, 6.45) is 0. The minimum Gasteiger partial charge on any atom is -0.325 e. The Labute approximate surface area is 150 Å². The van der Waals surface area contributed by atoms with Crippen LogP contribution in [0.5, 0.6) is 0 Å². The number of carbonyl (C=O) groups excluding carboxylic acids is 1. The Morgan fingerprint density at radius 1 is 0.875 bits per heavy atom. The van der Waals surface area contributed by atoms with Gasteiger partial charge < -0.3 is 5.32 Å². The summed E-state index contributed by atoms with van der Waals surface area (Å²) < 4.78 is 1.03. The molecule has 0 aliphatic rings. The molecule has 0 heterocycles. The van der Waals surface area contributed by atoms with Gasteiger partial charge in [-0.05, 0) is 41.8 Å². The zero-order valence-electron chi connectivity index (χ0n) is 13.4. The molecule has 0 saturated carbocycles. The van der Waals surface area contributed by atoms with Crippen molar-refractivity contribution in [2.24, 2.45) is 0 Å². The highest BCUT2D eigenvalue weighted by Gasteiger charge is 2.22. The van der Waals surface area contributed by atoms with Crippen molar-refractivity contribution in [1.82, 2.24) is 0 Å². The van der Waals surface area contributed by atoms with Gasteiger partial charge in [-0.2, -0.15) is 0 Å². The first-order valence-corrected chi connectivity index (χ1v) is 8.61. The molecule has 3 rings (SSSR count). The summed E-state index contributed by atoms with van der Waals surface area (Å²) in [7, 11) is 0. The van der Waals surface area contributed by atoms with Gasteiger partial charge >= 0.3 is 0 Å². The molecule has 3 heteroatoms. The zero-order chi connectivity index (χ0) is 16.9. The Morgan fingerprint density at radius 3 is 1.92 bits per heavy atom. The van der Waals surface area contributed by atoms with E-state index in [1.54, 1.807) is 0 Å². The molecule has 0 saturated heterocycles. The van der Waals surface area contributed by atoms with E-state index >= 15 is 0 Å². The average molecular weight is 380 g/mol. The number of benzene rings is 3. The summed E-state index contributed by atoms with van der Waals surface area (Å²) in [6.45, 7) is 2.01. The van der Waals surface area contributed by atoms with Crippen molar-refractivity contribution < 1.29 is 4.79 Å². The van der Waals surface area contributed by atoms with Crippen LogP contribution in [0.3, 0.4) is 0 Å². The molecule has 24 heavy (non-hydrogen) atoms. The number of amides is 1. The average Bonchev–Trinajstić information content (AvgIpc) is 2.60. The summed E-state index contributed by atoms with van der Waals surface area (Å²) in [6, 6.07) is 25.5. The van der Waals surface area contributed by atoms with E-state index in [4.69, 9.17) is 0 Å². The summed E-state index contributed by atoms with van der Waals surface area (Å²) in [5.74, 6) is -0.370. The lowest BCUT2D eigenvalue weighted by atomic mass is 9.90. The Hall–Kier alpha value is -2.39. The Kier molecular flexibility index (Phi) is 5.11. The third-order valence-corrected chi connectivity index (χ3v) is 4.84. The van der Waals surface area contributed by atoms with Crippen molar-refractivity contribution in [2.45, 2.75) is 12.8 Å². The Bertz CT molecular complexity index is 791. The van der Waals surface area contributed by atoms with Crippen molar-refractivity contribution in [3.05, 3.63) is 100 Å². The zero-order valence-corrected chi connectivity index (χ0v) is 15.0. The number of rotatable bonds is 4. The summed E-state index contributed by atoms with van der Waals surface area (Å²) in [4.78, 5) is 13.0. The van der Waals surface area contributed by atoms with Crippen LogP contribution in [0.25, 0.3) is 0 Å². The predicted octanol–water partition coefficient (Wildman–Crippen LogP) is 5.53. The van der Waals surface area contributed by atoms with Gasteiger partial charge in [0.15, 0.2) is 0 Å². The van der Waals surface area contributed by atoms with Gasteiger partial charge in [-0.1, -0.05) is 76.6 Å². The molecule has 2 nitrogen and oxygen atoms in total. The van der Waals surface area contributed by atoms with E-state index in [0.717, 1.165) is 26.9 Å². The number of hydrogen-bond acceptors (Lipinski definition) is 1. The molecule has 0 aliphatic heterocycles. The lowest BCUT2D eigenvalue weighted by Gasteiger charge is -2.18. The fourth-order valence-electron chi connectivity index (χ4n) is 2.72. The van der Waals surface area contributed by atoms with Crippen molar-refractivity contribution in [3.63, 3.8) is 0 Å². The Balaban J connectivity index is 1.93. The molecule has 0 unspecified atom stereocenters. The van der Waals surface area contributed by atoms with Gasteiger partial charge in [0.05, 0.1) is 5.92 Å². The fourth-order valence-corrected chi connectivity index (χ4v) is 2.97. The van der Waals surface area contributed by atoms with Crippen molar-refractivity contribution >= 4 is 27.5 Å². The summed E-state index contributed by atoms with van der Waals surface area (Å²) in [5.41, 5.74) is 3.85. The summed E-state index contributed by atoms with van der Waals surface area (Å²) in [5, 5.41) is 3.05. The molecule has 1 N–H and O–H groups in total. The Morgan fingerprint density at radius 2 is 1.42 bits per heavy atom. The maximum absolute atomic E-state index is 13.0. The number of aryl methyl sites for hydroxylation is 1. The second-order valence-electron chi connectivity index (χ2n) is 5.71. The highest BCUT2D eigenvalue weighted by molar-refractivity contribution is 9.10. The van der Waals surface area contributed by atoms with Crippen molar-refractivity contribution in [2.75, 3.05) is 5.32 Å². The van der Waals surface area contributed by atoms with Crippen LogP contribution in [0.2, 0.25) is 0 Å². The lowest BCUT2D eigenvalue weighted by Crippen LogP contribution is -2.22. The molecule has 120 valence electrons. The normalized spacial score (nSPS) is 10.6. The largest absolute Gasteiger partial charge is 0.325 e. The van der Waals surface area contributed by atoms with Crippen LogP contribution in [-0.2, 0) is 4.79 Å². The monoisotopic (exact) mass is 379 g/mol. The first-order valence-electron chi connectivity index (χ1n) is 7.82. The van der Waals surface area contributed by atoms with Crippen LogP contribution in [-0.4, -0.2) is 5.91 Å². The van der Waals surface area contributed by atoms with Gasteiger partial charge in [0.2, 0.25) is 5.91 Å². The third kappa shape index (κ3) is 3.74. The van der Waals surface area contributed by atoms with Gasteiger partial charge in [-0.15, -0.1) is 0 Å². The smallest absolute Gasteiger partial charge is 0.236 e. The van der Waals surface area contributed by atoms with Gasteiger partial charge in [0.1, 0.15) is 0 Å². The van der Waals surface area contributed by atoms with Crippen LogP contribution >= 0.6 is 15.9 Å². The van der Waals surface area contributed by atoms with Crippen LogP contribution in [0.4, 0.5) is 5.69 Å². The quantitative estimate of drug-likeness (QED) is 0.634. The second-order valence-corrected chi connectivity index (χ2v) is 6.56. The van der Waals surface area contributed by atoms with E-state index in [1.807, 2.05) is 85.8 Å². The molecule has 0 aromatic heterocycles. The highest BCUT2D eigenvalue weighted by atomic mass is 79.9. The SMILES string of the molecule is Cc1cc(NC(=O)C(c2ccccc2)c2ccccc2)ccc1Br. The van der Waals surface area contributed by atoms with Gasteiger partial charge in [-0.3, -0.25) is 4.79 Å². The molecular formula is C21H18BrNO. The molecule has 3 aromatic rings. The standard InChI is InChI=1S/C21H18BrNO/c1-15-14-18(12-13-19(15)22)23-21(24)20(16-8-4-2-5-9-16)17-10-6-3-7-11-17/h2-14,20H,1H3,(H,23,24). The van der Waals surface area contributed by atoms with Crippen LogP contribution < -0.4 is 5.32 Å². The van der Waals surface area contributed by atoms with Gasteiger partial charge in [0, 0.05) is 10.2 Å². The van der Waals surface area contributed by atoms with Gasteiger partial charge in [-0.25, -0.2) is 0 Å². The second kappa shape index (κ2) is 7.45. The molecule has 0 aliphatic carbocycles. The molecular weight excluding hydrogens is 362 g/mol. The molecule has 0 fully saturated rings. The number of anilines is 1. The van der Waals surface area contributed by atoms with Crippen LogP contribution in [0, 0.1) is 6.92 Å². The van der Waals surface area contributed by atoms with Crippen molar-refractivity contribution in [1.29, 1.82) is 0 Å². The van der Waals surface area contributed by atoms with E-state index in [0.29, 0.717) is 0 Å². The van der Waals surface area contributed by atoms with E-state index in [9.17, 15) is 4.79 Å². The number of halogens is 1. The first-order chi connectivity index (χ1) is 11.6.